The molecule has 0 radical (unpaired) electrons. The summed E-state index contributed by atoms with van der Waals surface area (Å²) in [6, 6.07) is 7.95. The van der Waals surface area contributed by atoms with E-state index in [0.717, 1.165) is 11.3 Å². The van der Waals surface area contributed by atoms with Gasteiger partial charge in [-0.1, -0.05) is 30.0 Å². The average molecular weight is 276 g/mol. The first-order valence-corrected chi connectivity index (χ1v) is 6.83. The van der Waals surface area contributed by atoms with Crippen LogP contribution in [0, 0.1) is 0 Å². The first-order chi connectivity index (χ1) is 9.25. The van der Waals surface area contributed by atoms with Crippen molar-refractivity contribution in [2.75, 3.05) is 12.4 Å². The number of carbonyl (C=O) groups is 1. The molecule has 1 unspecified atom stereocenters. The van der Waals surface area contributed by atoms with Gasteiger partial charge in [-0.2, -0.15) is 0 Å². The second-order valence-corrected chi connectivity index (χ2v) is 5.11. The summed E-state index contributed by atoms with van der Waals surface area (Å²) in [4.78, 5) is 14.9. The van der Waals surface area contributed by atoms with Gasteiger partial charge in [-0.3, -0.25) is 4.79 Å². The van der Waals surface area contributed by atoms with Crippen LogP contribution < -0.4 is 4.74 Å². The largest absolute Gasteiger partial charge is 0.491 e. The summed E-state index contributed by atoms with van der Waals surface area (Å²) in [6.45, 7) is 0.552. The lowest BCUT2D eigenvalue weighted by atomic mass is 10.1. The molecule has 1 N–H and O–H groups in total. The molecular formula is C13H12N2O3S. The average Bonchev–Trinajstić information content (AvgIpc) is 3.02. The predicted octanol–water partition coefficient (Wildman–Crippen LogP) is 2.04. The van der Waals surface area contributed by atoms with Crippen molar-refractivity contribution in [1.82, 2.24) is 9.55 Å². The molecule has 0 amide bonds. The summed E-state index contributed by atoms with van der Waals surface area (Å²) in [5.41, 5.74) is 1.11. The van der Waals surface area contributed by atoms with Gasteiger partial charge >= 0.3 is 5.97 Å². The van der Waals surface area contributed by atoms with Crippen molar-refractivity contribution in [3.63, 3.8) is 0 Å². The minimum absolute atomic E-state index is 0.00619. The van der Waals surface area contributed by atoms with E-state index in [1.165, 1.54) is 11.8 Å². The number of aromatic nitrogens is 2. The summed E-state index contributed by atoms with van der Waals surface area (Å²) in [6.07, 6.45) is 3.55. The number of ether oxygens (including phenoxy) is 1. The maximum atomic E-state index is 10.6. The number of carboxylic acid groups (broad SMARTS) is 1. The minimum atomic E-state index is -0.845. The van der Waals surface area contributed by atoms with Gasteiger partial charge in [0.2, 0.25) is 0 Å². The van der Waals surface area contributed by atoms with E-state index in [1.807, 2.05) is 35.0 Å². The molecule has 0 spiro atoms. The Morgan fingerprint density at radius 2 is 2.37 bits per heavy atom. The highest BCUT2D eigenvalue weighted by Gasteiger charge is 2.26. The molecule has 2 heterocycles. The standard InChI is InChI=1S/C13H12N2O3S/c16-12(17)8-19-13-14-5-6-15(13)10-7-18-11-4-2-1-3-9(10)11/h1-6,10H,7-8H2,(H,16,17). The van der Waals surface area contributed by atoms with E-state index in [4.69, 9.17) is 9.84 Å². The highest BCUT2D eigenvalue weighted by atomic mass is 32.2. The van der Waals surface area contributed by atoms with Gasteiger partial charge < -0.3 is 14.4 Å². The summed E-state index contributed by atoms with van der Waals surface area (Å²) in [5.74, 6) is 0.0460. The fourth-order valence-corrected chi connectivity index (χ4v) is 2.88. The third-order valence-electron chi connectivity index (χ3n) is 2.97. The van der Waals surface area contributed by atoms with Gasteiger partial charge in [0.05, 0.1) is 11.8 Å². The Kier molecular flexibility index (Phi) is 3.16. The zero-order chi connectivity index (χ0) is 13.2. The smallest absolute Gasteiger partial charge is 0.313 e. The summed E-state index contributed by atoms with van der Waals surface area (Å²) >= 11 is 1.22. The highest BCUT2D eigenvalue weighted by Crippen LogP contribution is 2.36. The van der Waals surface area contributed by atoms with Crippen LogP contribution in [0.25, 0.3) is 0 Å². The zero-order valence-electron chi connectivity index (χ0n) is 10.0. The van der Waals surface area contributed by atoms with Crippen LogP contribution >= 0.6 is 11.8 Å². The molecule has 0 saturated heterocycles. The third-order valence-corrected chi connectivity index (χ3v) is 3.93. The fraction of sp³-hybridized carbons (Fsp3) is 0.231. The lowest BCUT2D eigenvalue weighted by molar-refractivity contribution is -0.133. The van der Waals surface area contributed by atoms with Crippen molar-refractivity contribution in [2.45, 2.75) is 11.2 Å². The van der Waals surface area contributed by atoms with Crippen LogP contribution in [0.3, 0.4) is 0 Å². The Bertz CT molecular complexity index is 611. The summed E-state index contributed by atoms with van der Waals surface area (Å²) in [7, 11) is 0. The maximum Gasteiger partial charge on any atom is 0.313 e. The molecule has 1 aliphatic heterocycles. The van der Waals surface area contributed by atoms with Gasteiger partial charge in [0.1, 0.15) is 12.4 Å². The first kappa shape index (κ1) is 12.1. The van der Waals surface area contributed by atoms with E-state index in [-0.39, 0.29) is 11.8 Å². The van der Waals surface area contributed by atoms with Crippen LogP contribution in [0.5, 0.6) is 5.75 Å². The zero-order valence-corrected chi connectivity index (χ0v) is 10.8. The molecule has 0 fully saturated rings. The number of benzene rings is 1. The Labute approximate surface area is 114 Å². The second kappa shape index (κ2) is 4.97. The Hall–Kier alpha value is -1.95. The molecule has 1 atom stereocenters. The highest BCUT2D eigenvalue weighted by molar-refractivity contribution is 7.99. The SMILES string of the molecule is O=C(O)CSc1nccn1C1COc2ccccc21. The number of aliphatic carboxylic acids is 1. The van der Waals surface area contributed by atoms with Crippen LogP contribution in [0.2, 0.25) is 0 Å². The molecule has 0 aliphatic carbocycles. The van der Waals surface area contributed by atoms with Crippen molar-refractivity contribution in [1.29, 1.82) is 0 Å². The van der Waals surface area contributed by atoms with Crippen molar-refractivity contribution in [3.05, 3.63) is 42.2 Å². The molecule has 98 valence electrons. The predicted molar refractivity (Wildman–Crippen MR) is 70.7 cm³/mol. The van der Waals surface area contributed by atoms with Gasteiger partial charge in [0, 0.05) is 18.0 Å². The number of hydrogen-bond acceptors (Lipinski definition) is 4. The van der Waals surface area contributed by atoms with Crippen molar-refractivity contribution < 1.29 is 14.6 Å². The topological polar surface area (TPSA) is 64.3 Å². The lowest BCUT2D eigenvalue weighted by Crippen LogP contribution is -2.13. The van der Waals surface area contributed by atoms with Crippen LogP contribution in [0.1, 0.15) is 11.6 Å². The number of fused-ring (bicyclic) bond motifs is 1. The number of imidazole rings is 1. The molecule has 19 heavy (non-hydrogen) atoms. The Balaban J connectivity index is 1.88. The van der Waals surface area contributed by atoms with Crippen LogP contribution in [0.15, 0.2) is 41.8 Å². The normalized spacial score (nSPS) is 16.9. The number of rotatable bonds is 4. The number of para-hydroxylation sites is 1. The summed E-state index contributed by atoms with van der Waals surface area (Å²) in [5, 5.41) is 9.45. The number of thioether (sulfide) groups is 1. The molecule has 6 heteroatoms. The van der Waals surface area contributed by atoms with E-state index in [1.54, 1.807) is 6.20 Å². The fourth-order valence-electron chi connectivity index (χ4n) is 2.15. The van der Waals surface area contributed by atoms with Gasteiger partial charge in [0.25, 0.3) is 0 Å². The van der Waals surface area contributed by atoms with Crippen molar-refractivity contribution >= 4 is 17.7 Å². The van der Waals surface area contributed by atoms with Crippen LogP contribution in [0.4, 0.5) is 0 Å². The van der Waals surface area contributed by atoms with Gasteiger partial charge in [-0.05, 0) is 6.07 Å². The van der Waals surface area contributed by atoms with Gasteiger partial charge in [0.15, 0.2) is 5.16 Å². The quantitative estimate of drug-likeness (QED) is 0.866. The van der Waals surface area contributed by atoms with Crippen molar-refractivity contribution in [2.24, 2.45) is 0 Å². The molecular weight excluding hydrogens is 264 g/mol. The molecule has 0 bridgehead atoms. The van der Waals surface area contributed by atoms with Crippen LogP contribution in [-0.4, -0.2) is 33.0 Å². The van der Waals surface area contributed by atoms with E-state index < -0.39 is 5.97 Å². The lowest BCUT2D eigenvalue weighted by Gasteiger charge is -2.13. The molecule has 1 aromatic carbocycles. The van der Waals surface area contributed by atoms with E-state index >= 15 is 0 Å². The Morgan fingerprint density at radius 3 is 3.21 bits per heavy atom. The van der Waals surface area contributed by atoms with E-state index in [0.29, 0.717) is 11.8 Å². The maximum absolute atomic E-state index is 10.6. The number of nitrogens with zero attached hydrogens (tertiary/aromatic N) is 2. The second-order valence-electron chi connectivity index (χ2n) is 4.16. The van der Waals surface area contributed by atoms with E-state index in [2.05, 4.69) is 4.98 Å². The third kappa shape index (κ3) is 2.31. The minimum Gasteiger partial charge on any atom is -0.491 e. The van der Waals surface area contributed by atoms with E-state index in [9.17, 15) is 4.79 Å². The van der Waals surface area contributed by atoms with Gasteiger partial charge in [-0.15, -0.1) is 0 Å². The molecule has 5 nitrogen and oxygen atoms in total. The van der Waals surface area contributed by atoms with Crippen LogP contribution in [-0.2, 0) is 4.79 Å². The molecule has 1 aromatic heterocycles. The summed E-state index contributed by atoms with van der Waals surface area (Å²) < 4.78 is 7.61. The van der Waals surface area contributed by atoms with Gasteiger partial charge in [-0.25, -0.2) is 4.98 Å². The molecule has 3 rings (SSSR count). The molecule has 1 aliphatic rings. The number of carboxylic acids is 1. The Morgan fingerprint density at radius 1 is 1.53 bits per heavy atom. The number of hydrogen-bond donors (Lipinski definition) is 1. The molecule has 0 saturated carbocycles. The molecule has 2 aromatic rings. The first-order valence-electron chi connectivity index (χ1n) is 5.85. The monoisotopic (exact) mass is 276 g/mol. The van der Waals surface area contributed by atoms with Crippen molar-refractivity contribution in [3.8, 4) is 5.75 Å².